The lowest BCUT2D eigenvalue weighted by Crippen LogP contribution is -2.36. The predicted octanol–water partition coefficient (Wildman–Crippen LogP) is 2.45. The molecule has 3 nitrogen and oxygen atoms in total. The van der Waals surface area contributed by atoms with E-state index in [-0.39, 0.29) is 36.2 Å². The summed E-state index contributed by atoms with van der Waals surface area (Å²) >= 11 is 0. The second-order valence-corrected chi connectivity index (χ2v) is 5.75. The Bertz CT molecular complexity index is 515. The summed E-state index contributed by atoms with van der Waals surface area (Å²) in [5.41, 5.74) is 0.913. The van der Waals surface area contributed by atoms with Gasteiger partial charge >= 0.3 is 0 Å². The van der Waals surface area contributed by atoms with Gasteiger partial charge in [-0.25, -0.2) is 4.39 Å². The summed E-state index contributed by atoms with van der Waals surface area (Å²) in [6, 6.07) is 6.51. The van der Waals surface area contributed by atoms with E-state index in [0.717, 1.165) is 12.0 Å². The molecule has 0 heterocycles. The average molecular weight is 291 g/mol. The van der Waals surface area contributed by atoms with Crippen LogP contribution < -0.4 is 5.32 Å². The SMILES string of the molecule is CC(CCc1cccc(F)c1)C(=O)N[C@@H]1C=C[C@H](CO)C1. The first-order valence-corrected chi connectivity index (χ1v) is 7.42. The van der Waals surface area contributed by atoms with Gasteiger partial charge in [-0.2, -0.15) is 0 Å². The normalized spacial score (nSPS) is 22.2. The molecule has 0 aromatic heterocycles. The molecule has 0 bridgehead atoms. The first-order chi connectivity index (χ1) is 10.1. The Kier molecular flexibility index (Phi) is 5.51. The van der Waals surface area contributed by atoms with E-state index in [1.54, 1.807) is 6.07 Å². The van der Waals surface area contributed by atoms with Crippen LogP contribution >= 0.6 is 0 Å². The fraction of sp³-hybridized carbons (Fsp3) is 0.471. The van der Waals surface area contributed by atoms with Crippen molar-refractivity contribution >= 4 is 5.91 Å². The molecular formula is C17H22FNO2. The van der Waals surface area contributed by atoms with Gasteiger partial charge < -0.3 is 10.4 Å². The minimum Gasteiger partial charge on any atom is -0.396 e. The van der Waals surface area contributed by atoms with Crippen molar-refractivity contribution in [2.75, 3.05) is 6.61 Å². The summed E-state index contributed by atoms with van der Waals surface area (Å²) in [4.78, 5) is 12.1. The maximum absolute atomic E-state index is 13.1. The topological polar surface area (TPSA) is 49.3 Å². The lowest BCUT2D eigenvalue weighted by molar-refractivity contribution is -0.125. The van der Waals surface area contributed by atoms with Crippen molar-refractivity contribution in [2.45, 2.75) is 32.2 Å². The Labute approximate surface area is 124 Å². The lowest BCUT2D eigenvalue weighted by atomic mass is 9.99. The maximum Gasteiger partial charge on any atom is 0.223 e. The van der Waals surface area contributed by atoms with Crippen LogP contribution in [0.15, 0.2) is 36.4 Å². The number of benzene rings is 1. The molecule has 0 spiro atoms. The standard InChI is InChI=1S/C17H22FNO2/c1-12(5-6-13-3-2-4-15(18)9-13)17(21)19-16-8-7-14(10-16)11-20/h2-4,7-9,12,14,16,20H,5-6,10-11H2,1H3,(H,19,21)/t12?,14-,16+/m0/s1. The van der Waals surface area contributed by atoms with Gasteiger partial charge in [0, 0.05) is 24.5 Å². The fourth-order valence-electron chi connectivity index (χ4n) is 2.55. The Balaban J connectivity index is 1.76. The molecule has 21 heavy (non-hydrogen) atoms. The molecular weight excluding hydrogens is 269 g/mol. The van der Waals surface area contributed by atoms with E-state index in [2.05, 4.69) is 5.32 Å². The highest BCUT2D eigenvalue weighted by Crippen LogP contribution is 2.18. The van der Waals surface area contributed by atoms with Crippen LogP contribution in [0, 0.1) is 17.7 Å². The lowest BCUT2D eigenvalue weighted by Gasteiger charge is -2.17. The predicted molar refractivity (Wildman–Crippen MR) is 80.1 cm³/mol. The first kappa shape index (κ1) is 15.7. The molecule has 1 aromatic carbocycles. The molecule has 0 saturated heterocycles. The van der Waals surface area contributed by atoms with Gasteiger partial charge in [-0.1, -0.05) is 31.2 Å². The quantitative estimate of drug-likeness (QED) is 0.791. The molecule has 0 saturated carbocycles. The zero-order chi connectivity index (χ0) is 15.2. The van der Waals surface area contributed by atoms with Crippen molar-refractivity contribution in [3.05, 3.63) is 47.8 Å². The summed E-state index contributed by atoms with van der Waals surface area (Å²) in [5.74, 6) is -0.192. The van der Waals surface area contributed by atoms with Crippen molar-refractivity contribution in [2.24, 2.45) is 11.8 Å². The summed E-state index contributed by atoms with van der Waals surface area (Å²) in [7, 11) is 0. The van der Waals surface area contributed by atoms with Crippen LogP contribution in [0.4, 0.5) is 4.39 Å². The van der Waals surface area contributed by atoms with Gasteiger partial charge in [-0.3, -0.25) is 4.79 Å². The van der Waals surface area contributed by atoms with Gasteiger partial charge in [0.25, 0.3) is 0 Å². The number of aryl methyl sites for hydroxylation is 1. The molecule has 0 radical (unpaired) electrons. The number of hydrogen-bond acceptors (Lipinski definition) is 2. The van der Waals surface area contributed by atoms with E-state index in [1.807, 2.05) is 25.1 Å². The largest absolute Gasteiger partial charge is 0.396 e. The molecule has 114 valence electrons. The van der Waals surface area contributed by atoms with E-state index in [0.29, 0.717) is 12.8 Å². The Morgan fingerprint density at radius 1 is 1.48 bits per heavy atom. The highest BCUT2D eigenvalue weighted by molar-refractivity contribution is 5.78. The van der Waals surface area contributed by atoms with Crippen molar-refractivity contribution in [1.82, 2.24) is 5.32 Å². The van der Waals surface area contributed by atoms with Gasteiger partial charge in [0.1, 0.15) is 5.82 Å². The minimum absolute atomic E-state index is 0.0136. The molecule has 3 atom stereocenters. The second-order valence-electron chi connectivity index (χ2n) is 5.75. The van der Waals surface area contributed by atoms with Crippen molar-refractivity contribution in [1.29, 1.82) is 0 Å². The van der Waals surface area contributed by atoms with Gasteiger partial charge in [0.05, 0.1) is 0 Å². The number of carbonyl (C=O) groups excluding carboxylic acids is 1. The number of aliphatic hydroxyl groups excluding tert-OH is 1. The van der Waals surface area contributed by atoms with Crippen LogP contribution in [0.1, 0.15) is 25.3 Å². The van der Waals surface area contributed by atoms with Crippen LogP contribution in [-0.4, -0.2) is 23.7 Å². The summed E-state index contributed by atoms with van der Waals surface area (Å²) in [6.07, 6.45) is 6.03. The third kappa shape index (κ3) is 4.67. The first-order valence-electron chi connectivity index (χ1n) is 7.42. The second kappa shape index (κ2) is 7.36. The van der Waals surface area contributed by atoms with Crippen molar-refractivity contribution in [3.63, 3.8) is 0 Å². The Morgan fingerprint density at radius 2 is 2.29 bits per heavy atom. The number of rotatable bonds is 6. The Morgan fingerprint density at radius 3 is 2.95 bits per heavy atom. The minimum atomic E-state index is -0.240. The highest BCUT2D eigenvalue weighted by atomic mass is 19.1. The molecule has 1 amide bonds. The monoisotopic (exact) mass is 291 g/mol. The van der Waals surface area contributed by atoms with Gasteiger partial charge in [-0.05, 0) is 37.0 Å². The molecule has 1 aliphatic rings. The number of nitrogens with one attached hydrogen (secondary N) is 1. The number of hydrogen-bond donors (Lipinski definition) is 2. The average Bonchev–Trinajstić information content (AvgIpc) is 2.92. The Hall–Kier alpha value is -1.68. The van der Waals surface area contributed by atoms with E-state index in [4.69, 9.17) is 5.11 Å². The maximum atomic E-state index is 13.1. The smallest absolute Gasteiger partial charge is 0.223 e. The number of amides is 1. The number of halogens is 1. The van der Waals surface area contributed by atoms with E-state index >= 15 is 0 Å². The zero-order valence-corrected chi connectivity index (χ0v) is 12.3. The third-order valence-electron chi connectivity index (χ3n) is 3.94. The molecule has 1 aromatic rings. The molecule has 1 unspecified atom stereocenters. The summed E-state index contributed by atoms with van der Waals surface area (Å²) in [6.45, 7) is 2.01. The molecule has 2 rings (SSSR count). The molecule has 2 N–H and O–H groups in total. The van der Waals surface area contributed by atoms with Crippen molar-refractivity contribution < 1.29 is 14.3 Å². The van der Waals surface area contributed by atoms with E-state index in [1.165, 1.54) is 12.1 Å². The molecule has 0 fully saturated rings. The van der Waals surface area contributed by atoms with Crippen LogP contribution in [0.2, 0.25) is 0 Å². The summed E-state index contributed by atoms with van der Waals surface area (Å²) in [5, 5.41) is 12.0. The van der Waals surface area contributed by atoms with Crippen molar-refractivity contribution in [3.8, 4) is 0 Å². The third-order valence-corrected chi connectivity index (χ3v) is 3.94. The zero-order valence-electron chi connectivity index (χ0n) is 12.3. The van der Waals surface area contributed by atoms with E-state index in [9.17, 15) is 9.18 Å². The fourth-order valence-corrected chi connectivity index (χ4v) is 2.55. The molecule has 1 aliphatic carbocycles. The van der Waals surface area contributed by atoms with Crippen LogP contribution in [0.3, 0.4) is 0 Å². The van der Waals surface area contributed by atoms with Crippen LogP contribution in [0.5, 0.6) is 0 Å². The van der Waals surface area contributed by atoms with Gasteiger partial charge in [0.2, 0.25) is 5.91 Å². The van der Waals surface area contributed by atoms with Crippen LogP contribution in [0.25, 0.3) is 0 Å². The summed E-state index contributed by atoms with van der Waals surface area (Å²) < 4.78 is 13.1. The van der Waals surface area contributed by atoms with E-state index < -0.39 is 0 Å². The van der Waals surface area contributed by atoms with Gasteiger partial charge in [-0.15, -0.1) is 0 Å². The van der Waals surface area contributed by atoms with Crippen LogP contribution in [-0.2, 0) is 11.2 Å². The molecule has 4 heteroatoms. The van der Waals surface area contributed by atoms with Gasteiger partial charge in [0.15, 0.2) is 0 Å². The number of aliphatic hydroxyl groups is 1. The number of carbonyl (C=O) groups is 1. The molecule has 0 aliphatic heterocycles. The highest BCUT2D eigenvalue weighted by Gasteiger charge is 2.22.